The Morgan fingerprint density at radius 1 is 1.50 bits per heavy atom. The van der Waals surface area contributed by atoms with Gasteiger partial charge in [-0.15, -0.1) is 5.10 Å². The molecule has 0 aliphatic carbocycles. The SMILES string of the molecule is CNCc1nnnn1-c1ccc(Cl)cc1F. The molecular formula is C9H9ClFN5. The van der Waals surface area contributed by atoms with Gasteiger partial charge in [0.25, 0.3) is 0 Å². The molecule has 0 radical (unpaired) electrons. The number of halogens is 2. The van der Waals surface area contributed by atoms with E-state index >= 15 is 0 Å². The summed E-state index contributed by atoms with van der Waals surface area (Å²) in [6, 6.07) is 4.35. The molecule has 1 N–H and O–H groups in total. The van der Waals surface area contributed by atoms with Crippen molar-refractivity contribution in [3.05, 3.63) is 34.9 Å². The van der Waals surface area contributed by atoms with Crippen LogP contribution < -0.4 is 5.32 Å². The smallest absolute Gasteiger partial charge is 0.170 e. The minimum Gasteiger partial charge on any atom is -0.313 e. The average molecular weight is 242 g/mol. The highest BCUT2D eigenvalue weighted by Crippen LogP contribution is 2.18. The Hall–Kier alpha value is -1.53. The molecule has 0 fully saturated rings. The molecule has 0 saturated carbocycles. The summed E-state index contributed by atoms with van der Waals surface area (Å²) in [5.41, 5.74) is 0.277. The van der Waals surface area contributed by atoms with Gasteiger partial charge in [0.15, 0.2) is 5.82 Å². The van der Waals surface area contributed by atoms with Crippen molar-refractivity contribution in [3.8, 4) is 5.69 Å². The van der Waals surface area contributed by atoms with Crippen molar-refractivity contribution >= 4 is 11.6 Å². The molecule has 0 unspecified atom stereocenters. The number of nitrogens with zero attached hydrogens (tertiary/aromatic N) is 4. The van der Waals surface area contributed by atoms with Gasteiger partial charge in [-0.2, -0.15) is 4.68 Å². The topological polar surface area (TPSA) is 55.6 Å². The zero-order valence-electron chi connectivity index (χ0n) is 8.48. The van der Waals surface area contributed by atoms with Crippen LogP contribution in [-0.4, -0.2) is 27.3 Å². The summed E-state index contributed by atoms with van der Waals surface area (Å²) in [6.45, 7) is 0.453. The zero-order valence-corrected chi connectivity index (χ0v) is 9.24. The number of rotatable bonds is 3. The van der Waals surface area contributed by atoms with Crippen molar-refractivity contribution < 1.29 is 4.39 Å². The van der Waals surface area contributed by atoms with E-state index < -0.39 is 5.82 Å². The first kappa shape index (κ1) is 11.0. The van der Waals surface area contributed by atoms with E-state index in [4.69, 9.17) is 11.6 Å². The third-order valence-electron chi connectivity index (χ3n) is 2.01. The van der Waals surface area contributed by atoms with Crippen LogP contribution >= 0.6 is 11.6 Å². The van der Waals surface area contributed by atoms with E-state index in [0.717, 1.165) is 0 Å². The summed E-state index contributed by atoms with van der Waals surface area (Å²) in [7, 11) is 1.76. The quantitative estimate of drug-likeness (QED) is 0.877. The summed E-state index contributed by atoms with van der Waals surface area (Å²) >= 11 is 5.67. The van der Waals surface area contributed by atoms with Crippen LogP contribution in [0.4, 0.5) is 4.39 Å². The van der Waals surface area contributed by atoms with E-state index in [1.807, 2.05) is 0 Å². The largest absolute Gasteiger partial charge is 0.313 e. The van der Waals surface area contributed by atoms with E-state index in [9.17, 15) is 4.39 Å². The fourth-order valence-electron chi connectivity index (χ4n) is 1.31. The fraction of sp³-hybridized carbons (Fsp3) is 0.222. The lowest BCUT2D eigenvalue weighted by atomic mass is 10.3. The molecule has 2 aromatic rings. The van der Waals surface area contributed by atoms with E-state index in [-0.39, 0.29) is 5.69 Å². The lowest BCUT2D eigenvalue weighted by molar-refractivity contribution is 0.599. The molecule has 7 heteroatoms. The van der Waals surface area contributed by atoms with Gasteiger partial charge in [0.2, 0.25) is 0 Å². The maximum atomic E-state index is 13.6. The first-order chi connectivity index (χ1) is 7.72. The Morgan fingerprint density at radius 2 is 2.31 bits per heavy atom. The molecule has 16 heavy (non-hydrogen) atoms. The predicted molar refractivity (Wildman–Crippen MR) is 56.9 cm³/mol. The summed E-state index contributed by atoms with van der Waals surface area (Å²) < 4.78 is 14.9. The van der Waals surface area contributed by atoms with Gasteiger partial charge in [-0.1, -0.05) is 11.6 Å². The van der Waals surface area contributed by atoms with Crippen LogP contribution in [0.25, 0.3) is 5.69 Å². The van der Waals surface area contributed by atoms with Gasteiger partial charge in [-0.25, -0.2) is 4.39 Å². The number of hydrogen-bond acceptors (Lipinski definition) is 4. The molecule has 0 atom stereocenters. The van der Waals surface area contributed by atoms with Gasteiger partial charge in [0.1, 0.15) is 11.5 Å². The molecule has 2 rings (SSSR count). The normalized spacial score (nSPS) is 10.7. The third kappa shape index (κ3) is 2.02. The van der Waals surface area contributed by atoms with Crippen molar-refractivity contribution in [1.82, 2.24) is 25.5 Å². The molecule has 1 aromatic heterocycles. The third-order valence-corrected chi connectivity index (χ3v) is 2.24. The van der Waals surface area contributed by atoms with Gasteiger partial charge in [0.05, 0.1) is 6.54 Å². The Bertz CT molecular complexity index is 498. The number of aromatic nitrogens is 4. The number of tetrazole rings is 1. The van der Waals surface area contributed by atoms with Crippen molar-refractivity contribution in [3.63, 3.8) is 0 Å². The van der Waals surface area contributed by atoms with Crippen molar-refractivity contribution in [2.45, 2.75) is 6.54 Å². The Labute approximate surface area is 96.2 Å². The second kappa shape index (κ2) is 4.54. The highest BCUT2D eigenvalue weighted by molar-refractivity contribution is 6.30. The maximum absolute atomic E-state index is 13.6. The highest BCUT2D eigenvalue weighted by Gasteiger charge is 2.11. The first-order valence-electron chi connectivity index (χ1n) is 4.59. The summed E-state index contributed by atoms with van der Waals surface area (Å²) in [5, 5.41) is 14.3. The van der Waals surface area contributed by atoms with Crippen LogP contribution in [0.3, 0.4) is 0 Å². The second-order valence-electron chi connectivity index (χ2n) is 3.13. The van der Waals surface area contributed by atoms with Crippen LogP contribution in [0.15, 0.2) is 18.2 Å². The van der Waals surface area contributed by atoms with E-state index in [1.165, 1.54) is 16.8 Å². The molecule has 84 valence electrons. The molecular weight excluding hydrogens is 233 g/mol. The number of nitrogens with one attached hydrogen (secondary N) is 1. The van der Waals surface area contributed by atoms with Gasteiger partial charge < -0.3 is 5.32 Å². The second-order valence-corrected chi connectivity index (χ2v) is 3.57. The van der Waals surface area contributed by atoms with E-state index in [1.54, 1.807) is 13.1 Å². The molecule has 1 aromatic carbocycles. The molecule has 0 amide bonds. The van der Waals surface area contributed by atoms with Crippen LogP contribution in [0.1, 0.15) is 5.82 Å². The highest BCUT2D eigenvalue weighted by atomic mass is 35.5. The molecule has 0 saturated heterocycles. The van der Waals surface area contributed by atoms with Crippen LogP contribution in [0.5, 0.6) is 0 Å². The number of hydrogen-bond donors (Lipinski definition) is 1. The summed E-state index contributed by atoms with van der Waals surface area (Å²) in [5.74, 6) is 0.0703. The van der Waals surface area contributed by atoms with Crippen LogP contribution in [0, 0.1) is 5.82 Å². The minimum atomic E-state index is -0.461. The van der Waals surface area contributed by atoms with Gasteiger partial charge in [0, 0.05) is 5.02 Å². The van der Waals surface area contributed by atoms with Crippen molar-refractivity contribution in [1.29, 1.82) is 0 Å². The van der Waals surface area contributed by atoms with E-state index in [2.05, 4.69) is 20.8 Å². The summed E-state index contributed by atoms with van der Waals surface area (Å²) in [4.78, 5) is 0. The van der Waals surface area contributed by atoms with Gasteiger partial charge in [-0.05, 0) is 35.7 Å². The zero-order chi connectivity index (χ0) is 11.5. The van der Waals surface area contributed by atoms with E-state index in [0.29, 0.717) is 17.4 Å². The Kier molecular flexibility index (Phi) is 3.12. The fourth-order valence-corrected chi connectivity index (χ4v) is 1.47. The lowest BCUT2D eigenvalue weighted by Gasteiger charge is -2.05. The Balaban J connectivity index is 2.46. The van der Waals surface area contributed by atoms with Crippen LogP contribution in [0.2, 0.25) is 5.02 Å². The summed E-state index contributed by atoms with van der Waals surface area (Å²) in [6.07, 6.45) is 0. The molecule has 0 aliphatic heterocycles. The van der Waals surface area contributed by atoms with Crippen molar-refractivity contribution in [2.24, 2.45) is 0 Å². The molecule has 0 spiro atoms. The van der Waals surface area contributed by atoms with Gasteiger partial charge in [-0.3, -0.25) is 0 Å². The average Bonchev–Trinajstić information content (AvgIpc) is 2.67. The maximum Gasteiger partial charge on any atom is 0.170 e. The minimum absolute atomic E-state index is 0.277. The standard InChI is InChI=1S/C9H9ClFN5/c1-12-5-9-13-14-15-16(9)8-3-2-6(10)4-7(8)11/h2-4,12H,5H2,1H3. The van der Waals surface area contributed by atoms with Crippen molar-refractivity contribution in [2.75, 3.05) is 7.05 Å². The molecule has 0 bridgehead atoms. The molecule has 1 heterocycles. The predicted octanol–water partition coefficient (Wildman–Crippen LogP) is 1.17. The lowest BCUT2D eigenvalue weighted by Crippen LogP contribution is -2.13. The number of benzene rings is 1. The molecule has 5 nitrogen and oxygen atoms in total. The van der Waals surface area contributed by atoms with Gasteiger partial charge >= 0.3 is 0 Å². The monoisotopic (exact) mass is 241 g/mol. The molecule has 0 aliphatic rings. The first-order valence-corrected chi connectivity index (χ1v) is 4.97. The Morgan fingerprint density at radius 3 is 3.00 bits per heavy atom. The van der Waals surface area contributed by atoms with Crippen LogP contribution in [-0.2, 0) is 6.54 Å².